The number of rotatable bonds is 2. The van der Waals surface area contributed by atoms with Crippen molar-refractivity contribution in [2.45, 2.75) is 25.0 Å². The summed E-state index contributed by atoms with van der Waals surface area (Å²) in [4.78, 5) is 0. The Morgan fingerprint density at radius 3 is 2.44 bits per heavy atom. The Hall–Kier alpha value is 0.980. The lowest BCUT2D eigenvalue weighted by Gasteiger charge is -2.07. The van der Waals surface area contributed by atoms with Crippen molar-refractivity contribution in [1.82, 2.24) is 0 Å². The van der Waals surface area contributed by atoms with Gasteiger partial charge in [0.05, 0.1) is 12.2 Å². The van der Waals surface area contributed by atoms with E-state index in [0.29, 0.717) is 18.1 Å². The highest BCUT2D eigenvalue weighted by molar-refractivity contribution is 14.1. The van der Waals surface area contributed by atoms with Crippen LogP contribution in [0.5, 0.6) is 0 Å². The van der Waals surface area contributed by atoms with Crippen molar-refractivity contribution in [3.05, 3.63) is 0 Å². The van der Waals surface area contributed by atoms with Crippen LogP contribution in [0.1, 0.15) is 12.8 Å². The van der Waals surface area contributed by atoms with Crippen molar-refractivity contribution < 1.29 is 4.74 Å². The summed E-state index contributed by atoms with van der Waals surface area (Å²) in [5.41, 5.74) is 0. The first-order valence-corrected chi connectivity index (χ1v) is 5.20. The number of halogens is 2. The van der Waals surface area contributed by atoms with Crippen LogP contribution in [0.25, 0.3) is 0 Å². The Balaban J connectivity index is 2.20. The summed E-state index contributed by atoms with van der Waals surface area (Å²) < 4.78 is 6.62. The Labute approximate surface area is 74.2 Å². The fraction of sp³-hybridized carbons (Fsp3) is 1.00. The van der Waals surface area contributed by atoms with Crippen LogP contribution in [0.2, 0.25) is 0 Å². The first-order valence-electron chi connectivity index (χ1n) is 3.14. The molecule has 0 aromatic rings. The van der Waals surface area contributed by atoms with Gasteiger partial charge in [0.1, 0.15) is 0 Å². The lowest BCUT2D eigenvalue weighted by Crippen LogP contribution is -2.12. The van der Waals surface area contributed by atoms with Gasteiger partial charge in [0.2, 0.25) is 0 Å². The van der Waals surface area contributed by atoms with E-state index in [-0.39, 0.29) is 0 Å². The minimum Gasteiger partial charge on any atom is -0.373 e. The molecule has 2 unspecified atom stereocenters. The van der Waals surface area contributed by atoms with Crippen molar-refractivity contribution in [3.8, 4) is 0 Å². The molecule has 1 aliphatic heterocycles. The molecule has 1 fully saturated rings. The molecule has 2 atom stereocenters. The second-order valence-corrected chi connectivity index (χ2v) is 3.46. The molecule has 9 heavy (non-hydrogen) atoms. The van der Waals surface area contributed by atoms with Gasteiger partial charge >= 0.3 is 0 Å². The number of alkyl halides is 2. The smallest absolute Gasteiger partial charge is 0.0715 e. The van der Waals surface area contributed by atoms with Crippen LogP contribution in [-0.4, -0.2) is 22.5 Å². The van der Waals surface area contributed by atoms with Gasteiger partial charge in [-0.3, -0.25) is 0 Å². The summed E-state index contributed by atoms with van der Waals surface area (Å²) in [5.74, 6) is 0.660. The summed E-state index contributed by atoms with van der Waals surface area (Å²) in [6, 6.07) is 0. The van der Waals surface area contributed by atoms with Crippen LogP contribution in [-0.2, 0) is 4.74 Å². The molecule has 0 amide bonds. The van der Waals surface area contributed by atoms with Gasteiger partial charge in [-0.1, -0.05) is 22.6 Å². The number of ether oxygens (including phenoxy) is 1. The Kier molecular flexibility index (Phi) is 3.58. The van der Waals surface area contributed by atoms with Gasteiger partial charge in [0.15, 0.2) is 0 Å². The maximum atomic E-state index is 5.60. The minimum absolute atomic E-state index is 0.339. The average Bonchev–Trinajstić information content (AvgIpc) is 2.34. The fourth-order valence-corrected chi connectivity index (χ4v) is 1.88. The molecular weight excluding hydrogens is 250 g/mol. The summed E-state index contributed by atoms with van der Waals surface area (Å²) in [6.07, 6.45) is 3.16. The minimum atomic E-state index is 0.339. The van der Waals surface area contributed by atoms with Gasteiger partial charge in [-0.05, 0) is 12.8 Å². The van der Waals surface area contributed by atoms with E-state index in [9.17, 15) is 0 Å². The van der Waals surface area contributed by atoms with Crippen LogP contribution in [0.3, 0.4) is 0 Å². The highest BCUT2D eigenvalue weighted by atomic mass is 127. The van der Waals surface area contributed by atoms with Gasteiger partial charge in [0.25, 0.3) is 0 Å². The third-order valence-electron chi connectivity index (χ3n) is 1.54. The Morgan fingerprint density at radius 2 is 2.11 bits per heavy atom. The molecular formula is C6H10ClIO. The summed E-state index contributed by atoms with van der Waals surface area (Å²) in [7, 11) is 0. The van der Waals surface area contributed by atoms with Crippen LogP contribution < -0.4 is 0 Å². The first kappa shape index (κ1) is 8.08. The Morgan fingerprint density at radius 1 is 1.44 bits per heavy atom. The van der Waals surface area contributed by atoms with E-state index >= 15 is 0 Å². The standard InChI is InChI=1S/C6H10ClIO/c7-3-5-1-2-6(4-8)9-5/h5-6H,1-4H2. The molecule has 3 heteroatoms. The molecule has 1 nitrogen and oxygen atoms in total. The SMILES string of the molecule is ClCC1CCC(CI)O1. The average molecular weight is 261 g/mol. The molecule has 1 rings (SSSR count). The monoisotopic (exact) mass is 260 g/mol. The van der Waals surface area contributed by atoms with Crippen molar-refractivity contribution in [3.63, 3.8) is 0 Å². The molecule has 0 N–H and O–H groups in total. The molecule has 0 aliphatic carbocycles. The van der Waals surface area contributed by atoms with E-state index in [1.165, 1.54) is 6.42 Å². The zero-order valence-electron chi connectivity index (χ0n) is 5.15. The van der Waals surface area contributed by atoms with Crippen LogP contribution in [0.4, 0.5) is 0 Å². The summed E-state index contributed by atoms with van der Waals surface area (Å²) in [6.45, 7) is 0. The first-order chi connectivity index (χ1) is 4.36. The van der Waals surface area contributed by atoms with Gasteiger partial charge in [-0.25, -0.2) is 0 Å². The quantitative estimate of drug-likeness (QED) is 0.546. The lowest BCUT2D eigenvalue weighted by atomic mass is 10.2. The van der Waals surface area contributed by atoms with E-state index in [2.05, 4.69) is 22.6 Å². The molecule has 1 aliphatic rings. The highest BCUT2D eigenvalue weighted by Gasteiger charge is 2.22. The van der Waals surface area contributed by atoms with Gasteiger partial charge in [-0.2, -0.15) is 0 Å². The normalized spacial score (nSPS) is 35.3. The number of hydrogen-bond donors (Lipinski definition) is 0. The van der Waals surface area contributed by atoms with Gasteiger partial charge in [0, 0.05) is 10.3 Å². The van der Waals surface area contributed by atoms with Crippen LogP contribution in [0, 0.1) is 0 Å². The maximum absolute atomic E-state index is 5.60. The molecule has 0 aromatic heterocycles. The summed E-state index contributed by atoms with van der Waals surface area (Å²) in [5, 5.41) is 0. The zero-order chi connectivity index (χ0) is 6.69. The van der Waals surface area contributed by atoms with E-state index in [0.717, 1.165) is 10.8 Å². The van der Waals surface area contributed by atoms with Crippen molar-refractivity contribution in [2.24, 2.45) is 0 Å². The fourth-order valence-electron chi connectivity index (χ4n) is 1.01. The van der Waals surface area contributed by atoms with E-state index in [1.54, 1.807) is 0 Å². The predicted octanol–water partition coefficient (Wildman–Crippen LogP) is 2.21. The Bertz CT molecular complexity index is 79.1. The zero-order valence-corrected chi connectivity index (χ0v) is 8.06. The molecule has 0 spiro atoms. The third kappa shape index (κ3) is 2.24. The molecule has 0 radical (unpaired) electrons. The van der Waals surface area contributed by atoms with Gasteiger partial charge < -0.3 is 4.74 Å². The molecule has 54 valence electrons. The lowest BCUT2D eigenvalue weighted by molar-refractivity contribution is 0.0736. The second kappa shape index (κ2) is 3.98. The second-order valence-electron chi connectivity index (χ2n) is 2.27. The van der Waals surface area contributed by atoms with E-state index in [4.69, 9.17) is 16.3 Å². The van der Waals surface area contributed by atoms with Crippen LogP contribution >= 0.6 is 34.2 Å². The summed E-state index contributed by atoms with van der Waals surface area (Å²) >= 11 is 7.95. The van der Waals surface area contributed by atoms with Crippen molar-refractivity contribution >= 4 is 34.2 Å². The van der Waals surface area contributed by atoms with Crippen LogP contribution in [0.15, 0.2) is 0 Å². The third-order valence-corrected chi connectivity index (χ3v) is 2.87. The van der Waals surface area contributed by atoms with E-state index < -0.39 is 0 Å². The highest BCUT2D eigenvalue weighted by Crippen LogP contribution is 2.21. The molecule has 0 aromatic carbocycles. The molecule has 1 saturated heterocycles. The molecule has 1 heterocycles. The predicted molar refractivity (Wildman–Crippen MR) is 47.5 cm³/mol. The largest absolute Gasteiger partial charge is 0.373 e. The topological polar surface area (TPSA) is 9.23 Å². The van der Waals surface area contributed by atoms with E-state index in [1.807, 2.05) is 0 Å². The molecule has 0 saturated carbocycles. The van der Waals surface area contributed by atoms with Crippen molar-refractivity contribution in [1.29, 1.82) is 0 Å². The molecule has 0 bridgehead atoms. The number of hydrogen-bond acceptors (Lipinski definition) is 1. The van der Waals surface area contributed by atoms with Crippen molar-refractivity contribution in [2.75, 3.05) is 10.3 Å². The maximum Gasteiger partial charge on any atom is 0.0715 e. The van der Waals surface area contributed by atoms with Gasteiger partial charge in [-0.15, -0.1) is 11.6 Å².